The van der Waals surface area contributed by atoms with Crippen molar-refractivity contribution in [3.05, 3.63) is 150 Å². The lowest BCUT2D eigenvalue weighted by Gasteiger charge is -2.38. The van der Waals surface area contributed by atoms with Gasteiger partial charge in [0.05, 0.1) is 12.0 Å². The molecule has 3 aliphatic rings. The molecule has 4 atom stereocenters. The summed E-state index contributed by atoms with van der Waals surface area (Å²) < 4.78 is 5.64. The summed E-state index contributed by atoms with van der Waals surface area (Å²) in [4.78, 5) is 45.8. The summed E-state index contributed by atoms with van der Waals surface area (Å²) in [7, 11) is 0. The molecule has 1 saturated heterocycles. The maximum atomic E-state index is 14.9. The summed E-state index contributed by atoms with van der Waals surface area (Å²) in [6.07, 6.45) is 5.50. The van der Waals surface area contributed by atoms with Crippen molar-refractivity contribution in [2.75, 3.05) is 11.9 Å². The van der Waals surface area contributed by atoms with Crippen molar-refractivity contribution < 1.29 is 19.1 Å². The molecular weight excluding hydrogens is 524 g/mol. The van der Waals surface area contributed by atoms with Gasteiger partial charge in [0.2, 0.25) is 5.91 Å². The molecule has 0 saturated carbocycles. The maximum absolute atomic E-state index is 14.9. The molecule has 4 aromatic carbocycles. The first kappa shape index (κ1) is 25.7. The zero-order chi connectivity index (χ0) is 28.8. The van der Waals surface area contributed by atoms with Gasteiger partial charge in [-0.05, 0) is 53.1 Å². The van der Waals surface area contributed by atoms with Crippen molar-refractivity contribution >= 4 is 29.2 Å². The Morgan fingerprint density at radius 3 is 2.33 bits per heavy atom. The third-order valence-electron chi connectivity index (χ3n) is 8.69. The summed E-state index contributed by atoms with van der Waals surface area (Å²) >= 11 is 0. The van der Waals surface area contributed by atoms with Gasteiger partial charge >= 0.3 is 0 Å². The SMILES string of the molecule is C=CCOc1ccc(C(=O)[C@@H]2[C@H](C(=O)c3ccccc3)N3C=Cc4ccccc4[C@H]3[C@@]23C(=O)Nc2ccccc23)cc1. The van der Waals surface area contributed by atoms with Crippen molar-refractivity contribution in [3.8, 4) is 5.75 Å². The van der Waals surface area contributed by atoms with Crippen molar-refractivity contribution in [1.29, 1.82) is 0 Å². The Morgan fingerprint density at radius 1 is 0.857 bits per heavy atom. The first-order valence-electron chi connectivity index (χ1n) is 14.0. The second-order valence-electron chi connectivity index (χ2n) is 10.8. The molecule has 0 aliphatic carbocycles. The van der Waals surface area contributed by atoms with Gasteiger partial charge < -0.3 is 15.0 Å². The van der Waals surface area contributed by atoms with Crippen LogP contribution in [0.1, 0.15) is 43.4 Å². The van der Waals surface area contributed by atoms with E-state index in [0.29, 0.717) is 29.2 Å². The van der Waals surface area contributed by atoms with Crippen LogP contribution < -0.4 is 10.1 Å². The van der Waals surface area contributed by atoms with Gasteiger partial charge in [-0.2, -0.15) is 0 Å². The van der Waals surface area contributed by atoms with Gasteiger partial charge in [0.15, 0.2) is 11.6 Å². The van der Waals surface area contributed by atoms with E-state index in [0.717, 1.165) is 16.7 Å². The number of benzene rings is 4. The van der Waals surface area contributed by atoms with Crippen LogP contribution in [0.25, 0.3) is 6.08 Å². The number of rotatable bonds is 7. The van der Waals surface area contributed by atoms with Gasteiger partial charge in [-0.1, -0.05) is 85.5 Å². The molecule has 0 unspecified atom stereocenters. The van der Waals surface area contributed by atoms with Gasteiger partial charge in [-0.25, -0.2) is 0 Å². The van der Waals surface area contributed by atoms with Crippen LogP contribution in [0.5, 0.6) is 5.75 Å². The molecule has 6 nitrogen and oxygen atoms in total. The predicted octanol–water partition coefficient (Wildman–Crippen LogP) is 6.23. The molecule has 42 heavy (non-hydrogen) atoms. The first-order chi connectivity index (χ1) is 20.6. The van der Waals surface area contributed by atoms with E-state index in [-0.39, 0.29) is 17.5 Å². The minimum atomic E-state index is -1.36. The van der Waals surface area contributed by atoms with E-state index in [1.165, 1.54) is 0 Å². The highest BCUT2D eigenvalue weighted by Crippen LogP contribution is 2.62. The number of carbonyl (C=O) groups is 3. The molecule has 1 amide bonds. The number of hydrogen-bond donors (Lipinski definition) is 1. The summed E-state index contributed by atoms with van der Waals surface area (Å²) in [6.45, 7) is 4.02. The molecule has 1 N–H and O–H groups in total. The standard InChI is InChI=1S/C36H28N2O4/c1-2-22-42-26-18-16-25(17-19-26)32(39)30-31(33(40)24-11-4-3-5-12-24)38-21-20-23-10-6-7-13-27(23)34(38)36(30)28-14-8-9-15-29(28)37-35(36)41/h2-21,30-31,34H,1,22H2,(H,37,41)/t30-,31+,34-,36-/m0/s1. The molecule has 4 aromatic rings. The molecular formula is C36H28N2O4. The fraction of sp³-hybridized carbons (Fsp3) is 0.139. The predicted molar refractivity (Wildman–Crippen MR) is 161 cm³/mol. The van der Waals surface area contributed by atoms with Crippen LogP contribution in [0.3, 0.4) is 0 Å². The number of anilines is 1. The Morgan fingerprint density at radius 2 is 1.55 bits per heavy atom. The number of para-hydroxylation sites is 1. The normalized spacial score (nSPS) is 23.1. The average Bonchev–Trinajstić information content (AvgIpc) is 3.52. The minimum Gasteiger partial charge on any atom is -0.490 e. The van der Waals surface area contributed by atoms with Crippen LogP contribution in [-0.2, 0) is 10.2 Å². The summed E-state index contributed by atoms with van der Waals surface area (Å²) in [6, 6.07) is 29.8. The lowest BCUT2D eigenvalue weighted by molar-refractivity contribution is -0.122. The molecule has 6 heteroatoms. The van der Waals surface area contributed by atoms with Crippen LogP contribution >= 0.6 is 0 Å². The third-order valence-corrected chi connectivity index (χ3v) is 8.69. The lowest BCUT2D eigenvalue weighted by Crippen LogP contribution is -2.49. The Bertz CT molecular complexity index is 1760. The molecule has 0 radical (unpaired) electrons. The zero-order valence-electron chi connectivity index (χ0n) is 22.8. The lowest BCUT2D eigenvalue weighted by atomic mass is 9.62. The Labute approximate surface area is 243 Å². The van der Waals surface area contributed by atoms with Gasteiger partial charge in [0.25, 0.3) is 0 Å². The highest BCUT2D eigenvalue weighted by Gasteiger charge is 2.70. The van der Waals surface area contributed by atoms with E-state index < -0.39 is 23.4 Å². The molecule has 3 heterocycles. The maximum Gasteiger partial charge on any atom is 0.238 e. The van der Waals surface area contributed by atoms with Gasteiger partial charge in [-0.15, -0.1) is 0 Å². The van der Waals surface area contributed by atoms with Gasteiger partial charge in [0.1, 0.15) is 23.8 Å². The number of nitrogens with one attached hydrogen (secondary N) is 1. The van der Waals surface area contributed by atoms with Gasteiger partial charge in [0, 0.05) is 23.0 Å². The minimum absolute atomic E-state index is 0.206. The van der Waals surface area contributed by atoms with E-state index in [4.69, 9.17) is 4.74 Å². The number of fused-ring (bicyclic) bond motifs is 6. The fourth-order valence-electron chi connectivity index (χ4n) is 6.99. The molecule has 206 valence electrons. The van der Waals surface area contributed by atoms with E-state index >= 15 is 0 Å². The van der Waals surface area contributed by atoms with E-state index in [9.17, 15) is 14.4 Å². The molecule has 1 spiro atoms. The van der Waals surface area contributed by atoms with Crippen LogP contribution in [0.4, 0.5) is 5.69 Å². The summed E-state index contributed by atoms with van der Waals surface area (Å²) in [5, 5.41) is 3.08. The second kappa shape index (κ2) is 10.00. The Hall–Kier alpha value is -5.23. The first-order valence-corrected chi connectivity index (χ1v) is 14.0. The molecule has 7 rings (SSSR count). The number of ketones is 2. The Balaban J connectivity index is 1.48. The summed E-state index contributed by atoms with van der Waals surface area (Å²) in [5.74, 6) is -1.18. The molecule has 1 fully saturated rings. The second-order valence-corrected chi connectivity index (χ2v) is 10.8. The number of hydrogen-bond acceptors (Lipinski definition) is 5. The molecule has 0 bridgehead atoms. The van der Waals surface area contributed by atoms with Crippen LogP contribution in [-0.4, -0.2) is 35.0 Å². The Kier molecular flexibility index (Phi) is 6.12. The number of Topliss-reactive ketones (excluding diaryl/α,β-unsaturated/α-hetero) is 2. The topological polar surface area (TPSA) is 75.7 Å². The average molecular weight is 553 g/mol. The number of nitrogens with zero attached hydrogens (tertiary/aromatic N) is 1. The number of amides is 1. The highest BCUT2D eigenvalue weighted by atomic mass is 16.5. The smallest absolute Gasteiger partial charge is 0.238 e. The third kappa shape index (κ3) is 3.68. The quantitative estimate of drug-likeness (QED) is 0.217. The number of carbonyl (C=O) groups excluding carboxylic acids is 3. The highest BCUT2D eigenvalue weighted by molar-refractivity contribution is 6.16. The van der Waals surface area contributed by atoms with E-state index in [2.05, 4.69) is 11.9 Å². The van der Waals surface area contributed by atoms with Crippen LogP contribution in [0, 0.1) is 5.92 Å². The largest absolute Gasteiger partial charge is 0.490 e. The molecule has 3 aliphatic heterocycles. The van der Waals surface area contributed by atoms with Gasteiger partial charge in [-0.3, -0.25) is 14.4 Å². The van der Waals surface area contributed by atoms with Crippen molar-refractivity contribution in [2.24, 2.45) is 5.92 Å². The zero-order valence-corrected chi connectivity index (χ0v) is 22.8. The van der Waals surface area contributed by atoms with Crippen molar-refractivity contribution in [3.63, 3.8) is 0 Å². The fourth-order valence-corrected chi connectivity index (χ4v) is 6.99. The van der Waals surface area contributed by atoms with Crippen molar-refractivity contribution in [2.45, 2.75) is 17.5 Å². The number of ether oxygens (including phenoxy) is 1. The summed E-state index contributed by atoms with van der Waals surface area (Å²) in [5.41, 5.74) is 2.78. The van der Waals surface area contributed by atoms with Crippen LogP contribution in [0.15, 0.2) is 122 Å². The van der Waals surface area contributed by atoms with Crippen LogP contribution in [0.2, 0.25) is 0 Å². The molecule has 0 aromatic heterocycles. The van der Waals surface area contributed by atoms with E-state index in [1.54, 1.807) is 42.5 Å². The van der Waals surface area contributed by atoms with E-state index in [1.807, 2.05) is 83.9 Å². The van der Waals surface area contributed by atoms with Crippen molar-refractivity contribution in [1.82, 2.24) is 4.90 Å². The monoisotopic (exact) mass is 552 g/mol.